The van der Waals surface area contributed by atoms with Crippen molar-refractivity contribution in [2.45, 2.75) is 50.0 Å². The smallest absolute Gasteiger partial charge is 0.118 e. The van der Waals surface area contributed by atoms with E-state index in [1.54, 1.807) is 0 Å². The van der Waals surface area contributed by atoms with Crippen LogP contribution in [0.4, 0.5) is 0 Å². The van der Waals surface area contributed by atoms with Crippen molar-refractivity contribution in [3.05, 3.63) is 71.8 Å². The van der Waals surface area contributed by atoms with Crippen molar-refractivity contribution in [2.24, 2.45) is 0 Å². The van der Waals surface area contributed by atoms with Gasteiger partial charge in [-0.1, -0.05) is 60.7 Å². The highest BCUT2D eigenvalue weighted by atomic mass is 16.5. The average Bonchev–Trinajstić information content (AvgIpc) is 2.70. The van der Waals surface area contributed by atoms with Crippen LogP contribution in [0, 0.1) is 0 Å². The van der Waals surface area contributed by atoms with E-state index in [0.29, 0.717) is 6.42 Å². The normalized spacial score (nSPS) is 18.3. The van der Waals surface area contributed by atoms with Crippen LogP contribution in [0.1, 0.15) is 18.1 Å². The molecular weight excluding hydrogens is 348 g/mol. The van der Waals surface area contributed by atoms with Crippen molar-refractivity contribution < 1.29 is 30.3 Å². The summed E-state index contributed by atoms with van der Waals surface area (Å²) in [6.45, 7) is 0.635. The Hall–Kier alpha value is -1.80. The van der Waals surface area contributed by atoms with E-state index in [9.17, 15) is 20.4 Å². The van der Waals surface area contributed by atoms with Crippen LogP contribution in [-0.2, 0) is 17.8 Å². The van der Waals surface area contributed by atoms with Gasteiger partial charge in [-0.05, 0) is 18.1 Å². The van der Waals surface area contributed by atoms with Crippen LogP contribution < -0.4 is 0 Å². The number of aliphatic hydroxyl groups is 5. The number of hydrogen-bond donors (Lipinski definition) is 5. The Kier molecular flexibility index (Phi) is 7.91. The Bertz CT molecular complexity index is 661. The van der Waals surface area contributed by atoms with Gasteiger partial charge in [0, 0.05) is 6.42 Å². The Morgan fingerprint density at radius 1 is 0.889 bits per heavy atom. The first-order valence-corrected chi connectivity index (χ1v) is 8.93. The Morgan fingerprint density at radius 3 is 1.93 bits per heavy atom. The molecule has 6 nitrogen and oxygen atoms in total. The minimum atomic E-state index is -2.10. The van der Waals surface area contributed by atoms with Gasteiger partial charge in [-0.2, -0.15) is 0 Å². The second-order valence-corrected chi connectivity index (χ2v) is 6.88. The first-order valence-electron chi connectivity index (χ1n) is 8.93. The van der Waals surface area contributed by atoms with Crippen molar-refractivity contribution in [1.82, 2.24) is 0 Å². The molecule has 0 bridgehead atoms. The molecule has 0 aliphatic rings. The van der Waals surface area contributed by atoms with Gasteiger partial charge in [-0.3, -0.25) is 0 Å². The number of aliphatic hydroxyl groups excluding tert-OH is 4. The molecule has 0 spiro atoms. The summed E-state index contributed by atoms with van der Waals surface area (Å²) in [5.41, 5.74) is -0.303. The lowest BCUT2D eigenvalue weighted by molar-refractivity contribution is -0.197. The monoisotopic (exact) mass is 376 g/mol. The number of rotatable bonds is 10. The van der Waals surface area contributed by atoms with Crippen molar-refractivity contribution in [1.29, 1.82) is 0 Å². The molecule has 0 aliphatic heterocycles. The van der Waals surface area contributed by atoms with Gasteiger partial charge in [-0.25, -0.2) is 0 Å². The van der Waals surface area contributed by atoms with Crippen LogP contribution in [0.3, 0.4) is 0 Å². The van der Waals surface area contributed by atoms with Crippen molar-refractivity contribution >= 4 is 0 Å². The fraction of sp³-hybridized carbons (Fsp3) is 0.429. The van der Waals surface area contributed by atoms with E-state index in [1.807, 2.05) is 60.7 Å². The van der Waals surface area contributed by atoms with E-state index in [2.05, 4.69) is 0 Å². The largest absolute Gasteiger partial charge is 0.394 e. The standard InChI is InChI=1S/C21H28O6/c1-21(26,18(23)13-22)20(25)19(24)17(12-15-8-4-2-5-9-15)27-14-16-10-6-3-7-11-16/h2-11,17-20,22-26H,12-14H2,1H3. The minimum absolute atomic E-state index is 0.215. The zero-order chi connectivity index (χ0) is 19.9. The van der Waals surface area contributed by atoms with Crippen LogP contribution in [0.5, 0.6) is 0 Å². The molecular formula is C21H28O6. The predicted molar refractivity (Wildman–Crippen MR) is 101 cm³/mol. The fourth-order valence-electron chi connectivity index (χ4n) is 2.83. The summed E-state index contributed by atoms with van der Waals surface area (Å²) < 4.78 is 5.86. The Labute approximate surface area is 159 Å². The lowest BCUT2D eigenvalue weighted by atomic mass is 9.86. The quantitative estimate of drug-likeness (QED) is 0.416. The summed E-state index contributed by atoms with van der Waals surface area (Å²) in [6.07, 6.45) is -5.33. The zero-order valence-electron chi connectivity index (χ0n) is 15.3. The molecule has 0 saturated carbocycles. The van der Waals surface area contributed by atoms with Gasteiger partial charge in [0.15, 0.2) is 0 Å². The molecule has 6 heteroatoms. The zero-order valence-corrected chi connectivity index (χ0v) is 15.3. The summed E-state index contributed by atoms with van der Waals surface area (Å²) in [5, 5.41) is 50.3. The Balaban J connectivity index is 2.16. The van der Waals surface area contributed by atoms with Crippen LogP contribution in [0.2, 0.25) is 0 Å². The predicted octanol–water partition coefficient (Wildman–Crippen LogP) is 0.640. The molecule has 5 unspecified atom stereocenters. The van der Waals surface area contributed by atoms with Crippen molar-refractivity contribution in [3.63, 3.8) is 0 Å². The molecule has 5 atom stereocenters. The summed E-state index contributed by atoms with van der Waals surface area (Å²) in [7, 11) is 0. The lowest BCUT2D eigenvalue weighted by Gasteiger charge is -2.38. The molecule has 2 aromatic rings. The molecule has 2 rings (SSSR count). The van der Waals surface area contributed by atoms with E-state index >= 15 is 0 Å². The number of hydrogen-bond acceptors (Lipinski definition) is 6. The highest BCUT2D eigenvalue weighted by Gasteiger charge is 2.44. The second kappa shape index (κ2) is 9.94. The molecule has 27 heavy (non-hydrogen) atoms. The van der Waals surface area contributed by atoms with Gasteiger partial charge in [0.05, 0.1) is 19.3 Å². The molecule has 0 aliphatic carbocycles. The molecule has 148 valence electrons. The van der Waals surface area contributed by atoms with E-state index in [1.165, 1.54) is 6.92 Å². The molecule has 0 radical (unpaired) electrons. The lowest BCUT2D eigenvalue weighted by Crippen LogP contribution is -2.58. The summed E-state index contributed by atoms with van der Waals surface area (Å²) in [4.78, 5) is 0. The Morgan fingerprint density at radius 2 is 1.41 bits per heavy atom. The second-order valence-electron chi connectivity index (χ2n) is 6.88. The van der Waals surface area contributed by atoms with E-state index < -0.39 is 36.6 Å². The molecule has 0 heterocycles. The third-order valence-corrected chi connectivity index (χ3v) is 4.74. The van der Waals surface area contributed by atoms with E-state index in [-0.39, 0.29) is 6.61 Å². The maximum Gasteiger partial charge on any atom is 0.118 e. The first kappa shape index (κ1) is 21.5. The molecule has 2 aromatic carbocycles. The highest BCUT2D eigenvalue weighted by Crippen LogP contribution is 2.23. The van der Waals surface area contributed by atoms with Crippen LogP contribution in [0.15, 0.2) is 60.7 Å². The molecule has 0 fully saturated rings. The maximum atomic E-state index is 10.7. The van der Waals surface area contributed by atoms with Gasteiger partial charge in [0.2, 0.25) is 0 Å². The van der Waals surface area contributed by atoms with Gasteiger partial charge in [0.1, 0.15) is 23.9 Å². The SMILES string of the molecule is CC(O)(C(O)CO)C(O)C(O)C(Cc1ccccc1)OCc1ccccc1. The first-order chi connectivity index (χ1) is 12.9. The van der Waals surface area contributed by atoms with Gasteiger partial charge >= 0.3 is 0 Å². The van der Waals surface area contributed by atoms with E-state index in [0.717, 1.165) is 11.1 Å². The average molecular weight is 376 g/mol. The van der Waals surface area contributed by atoms with Crippen LogP contribution in [-0.4, -0.2) is 62.2 Å². The van der Waals surface area contributed by atoms with Gasteiger partial charge in [-0.15, -0.1) is 0 Å². The summed E-state index contributed by atoms with van der Waals surface area (Å²) in [5.74, 6) is 0. The van der Waals surface area contributed by atoms with Gasteiger partial charge < -0.3 is 30.3 Å². The molecule has 5 N–H and O–H groups in total. The molecule has 0 aromatic heterocycles. The molecule has 0 saturated heterocycles. The number of benzene rings is 2. The van der Waals surface area contributed by atoms with E-state index in [4.69, 9.17) is 9.84 Å². The summed E-state index contributed by atoms with van der Waals surface area (Å²) in [6, 6.07) is 18.7. The molecule has 0 amide bonds. The highest BCUT2D eigenvalue weighted by molar-refractivity contribution is 5.17. The minimum Gasteiger partial charge on any atom is -0.394 e. The van der Waals surface area contributed by atoms with Crippen LogP contribution in [0.25, 0.3) is 0 Å². The van der Waals surface area contributed by atoms with Gasteiger partial charge in [0.25, 0.3) is 0 Å². The third-order valence-electron chi connectivity index (χ3n) is 4.74. The van der Waals surface area contributed by atoms with Crippen LogP contribution >= 0.6 is 0 Å². The third kappa shape index (κ3) is 5.84. The van der Waals surface area contributed by atoms with Crippen molar-refractivity contribution in [2.75, 3.05) is 6.61 Å². The summed E-state index contributed by atoms with van der Waals surface area (Å²) >= 11 is 0. The number of ether oxygens (including phenoxy) is 1. The maximum absolute atomic E-state index is 10.7. The fourth-order valence-corrected chi connectivity index (χ4v) is 2.83. The topological polar surface area (TPSA) is 110 Å². The van der Waals surface area contributed by atoms with Crippen molar-refractivity contribution in [3.8, 4) is 0 Å².